The number of hydrogen-bond donors (Lipinski definition) is 3. The van der Waals surface area contributed by atoms with Gasteiger partial charge in [0.2, 0.25) is 5.91 Å². The number of amides is 2. The quantitative estimate of drug-likeness (QED) is 0.263. The molecule has 3 N–H and O–H groups in total. The molecule has 0 spiro atoms. The lowest BCUT2D eigenvalue weighted by Gasteiger charge is -2.37. The summed E-state index contributed by atoms with van der Waals surface area (Å²) < 4.78 is 5.62. The van der Waals surface area contributed by atoms with Crippen LogP contribution in [0, 0.1) is 6.92 Å². The van der Waals surface area contributed by atoms with E-state index in [1.807, 2.05) is 57.2 Å². The van der Waals surface area contributed by atoms with Crippen molar-refractivity contribution in [2.75, 3.05) is 30.0 Å². The third-order valence-corrected chi connectivity index (χ3v) is 8.05. The highest BCUT2D eigenvalue weighted by molar-refractivity contribution is 6.00. The lowest BCUT2D eigenvalue weighted by Crippen LogP contribution is -2.40. The molecule has 0 unspecified atom stereocenters. The summed E-state index contributed by atoms with van der Waals surface area (Å²) in [5, 5.41) is 5.81. The Bertz CT molecular complexity index is 1490. The Hall–Kier alpha value is -4.17. The molecule has 1 aromatic heterocycles. The number of benzene rings is 2. The number of pyridine rings is 1. The number of ether oxygens (including phenoxy) is 1. The number of rotatable bonds is 11. The van der Waals surface area contributed by atoms with E-state index in [0.29, 0.717) is 29.3 Å². The molecule has 2 aromatic carbocycles. The number of aromatic amines is 1. The van der Waals surface area contributed by atoms with Crippen molar-refractivity contribution in [3.8, 4) is 11.1 Å². The van der Waals surface area contributed by atoms with Crippen molar-refractivity contribution >= 4 is 23.2 Å². The van der Waals surface area contributed by atoms with Crippen LogP contribution in [0.4, 0.5) is 11.4 Å². The van der Waals surface area contributed by atoms with Crippen LogP contribution in [0.2, 0.25) is 0 Å². The topological polar surface area (TPSA) is 104 Å². The second kappa shape index (κ2) is 14.1. The Labute approximate surface area is 248 Å². The number of carbonyl (C=O) groups excluding carboxylic acids is 2. The maximum absolute atomic E-state index is 13.8. The highest BCUT2D eigenvalue weighted by Crippen LogP contribution is 2.34. The molecule has 1 saturated heterocycles. The van der Waals surface area contributed by atoms with Crippen LogP contribution in [0.3, 0.4) is 0 Å². The van der Waals surface area contributed by atoms with Gasteiger partial charge in [-0.1, -0.05) is 32.6 Å². The largest absolute Gasteiger partial charge is 0.381 e. The van der Waals surface area contributed by atoms with Crippen LogP contribution in [0.5, 0.6) is 0 Å². The van der Waals surface area contributed by atoms with Crippen LogP contribution < -0.4 is 21.1 Å². The van der Waals surface area contributed by atoms with Gasteiger partial charge in [0.25, 0.3) is 11.5 Å². The number of nitrogens with zero attached hydrogens (tertiary/aromatic N) is 1. The molecule has 0 radical (unpaired) electrons. The van der Waals surface area contributed by atoms with Gasteiger partial charge in [0.1, 0.15) is 0 Å². The van der Waals surface area contributed by atoms with Gasteiger partial charge in [-0.3, -0.25) is 14.4 Å². The first-order valence-electron chi connectivity index (χ1n) is 14.8. The van der Waals surface area contributed by atoms with Crippen molar-refractivity contribution in [1.29, 1.82) is 0 Å². The average Bonchev–Trinajstić information content (AvgIpc) is 3.01. The van der Waals surface area contributed by atoms with Crippen molar-refractivity contribution in [3.05, 3.63) is 93.4 Å². The van der Waals surface area contributed by atoms with E-state index >= 15 is 0 Å². The van der Waals surface area contributed by atoms with Crippen molar-refractivity contribution in [3.63, 3.8) is 0 Å². The summed E-state index contributed by atoms with van der Waals surface area (Å²) in [6, 6.07) is 13.9. The lowest BCUT2D eigenvalue weighted by atomic mass is 9.95. The molecule has 8 heteroatoms. The number of carbonyl (C=O) groups is 2. The normalized spacial score (nSPS) is 13.4. The fraction of sp³-hybridized carbons (Fsp3) is 0.382. The van der Waals surface area contributed by atoms with Gasteiger partial charge in [0.05, 0.1) is 0 Å². The predicted octanol–water partition coefficient (Wildman–Crippen LogP) is 5.53. The number of H-pyrrole nitrogens is 1. The van der Waals surface area contributed by atoms with E-state index in [9.17, 15) is 14.4 Å². The predicted molar refractivity (Wildman–Crippen MR) is 169 cm³/mol. The fourth-order valence-corrected chi connectivity index (χ4v) is 5.63. The third-order valence-electron chi connectivity index (χ3n) is 8.05. The van der Waals surface area contributed by atoms with Crippen molar-refractivity contribution in [1.82, 2.24) is 10.3 Å². The second-order valence-corrected chi connectivity index (χ2v) is 10.6. The van der Waals surface area contributed by atoms with E-state index in [1.165, 1.54) is 6.08 Å². The zero-order valence-corrected chi connectivity index (χ0v) is 25.1. The van der Waals surface area contributed by atoms with Gasteiger partial charge in [-0.2, -0.15) is 0 Å². The minimum absolute atomic E-state index is 0.148. The van der Waals surface area contributed by atoms with E-state index < -0.39 is 0 Å². The molecule has 8 nitrogen and oxygen atoms in total. The monoisotopic (exact) mass is 570 g/mol. The number of anilines is 2. The molecule has 3 aromatic rings. The maximum atomic E-state index is 13.8. The molecule has 1 aliphatic heterocycles. The number of aromatic nitrogens is 1. The molecular formula is C34H42N4O4. The zero-order chi connectivity index (χ0) is 30.2. The van der Waals surface area contributed by atoms with Crippen LogP contribution in [0.25, 0.3) is 11.1 Å². The minimum Gasteiger partial charge on any atom is -0.381 e. The summed E-state index contributed by atoms with van der Waals surface area (Å²) in [7, 11) is 0. The zero-order valence-electron chi connectivity index (χ0n) is 25.1. The van der Waals surface area contributed by atoms with E-state index in [1.54, 1.807) is 0 Å². The fourth-order valence-electron chi connectivity index (χ4n) is 5.63. The smallest absolute Gasteiger partial charge is 0.253 e. The van der Waals surface area contributed by atoms with Crippen LogP contribution in [0.15, 0.2) is 59.9 Å². The molecule has 0 saturated carbocycles. The SMILES string of the molecule is C=CC(=O)Nc1ccc(-c2cc(C(=O)NCc3c(CC)cc(CC)[nH]c3=O)c(C)c(N(CC)C3CCOCC3)c2)cc1. The Morgan fingerprint density at radius 2 is 1.76 bits per heavy atom. The van der Waals surface area contributed by atoms with Crippen molar-refractivity contribution in [2.24, 2.45) is 0 Å². The number of hydrogen-bond acceptors (Lipinski definition) is 5. The highest BCUT2D eigenvalue weighted by atomic mass is 16.5. The summed E-state index contributed by atoms with van der Waals surface area (Å²) in [4.78, 5) is 43.7. The van der Waals surface area contributed by atoms with E-state index in [-0.39, 0.29) is 23.9 Å². The molecule has 2 amide bonds. The first-order chi connectivity index (χ1) is 20.3. The standard InChI is InChI=1S/C34H42N4O4/c1-6-23-18-26(7-2)37-34(41)30(23)21-35-33(40)29-19-25(24-10-12-27(13-11-24)36-32(39)8-3)20-31(22(29)5)38(9-4)28-14-16-42-17-15-28/h8,10-13,18-20,28H,3,6-7,9,14-17,21H2,1-2,4-5H3,(H,35,40)(H,36,39)(H,37,41). The lowest BCUT2D eigenvalue weighted by molar-refractivity contribution is -0.111. The molecule has 0 bridgehead atoms. The van der Waals surface area contributed by atoms with Crippen molar-refractivity contribution < 1.29 is 14.3 Å². The Morgan fingerprint density at radius 3 is 2.38 bits per heavy atom. The number of aryl methyl sites for hydroxylation is 2. The highest BCUT2D eigenvalue weighted by Gasteiger charge is 2.25. The summed E-state index contributed by atoms with van der Waals surface area (Å²) in [5.41, 5.74) is 7.22. The second-order valence-electron chi connectivity index (χ2n) is 10.6. The van der Waals surface area contributed by atoms with Gasteiger partial charge in [-0.25, -0.2) is 0 Å². The Morgan fingerprint density at radius 1 is 1.05 bits per heavy atom. The van der Waals surface area contributed by atoms with E-state index in [2.05, 4.69) is 40.1 Å². The van der Waals surface area contributed by atoms with Crippen LogP contribution in [-0.2, 0) is 28.9 Å². The van der Waals surface area contributed by atoms with Crippen LogP contribution in [-0.4, -0.2) is 42.6 Å². The summed E-state index contributed by atoms with van der Waals surface area (Å²) in [6.45, 7) is 14.0. The van der Waals surface area contributed by atoms with Gasteiger partial charge < -0.3 is 25.3 Å². The van der Waals surface area contributed by atoms with Gasteiger partial charge in [0.15, 0.2) is 0 Å². The molecule has 1 aliphatic rings. The average molecular weight is 571 g/mol. The minimum atomic E-state index is -0.274. The summed E-state index contributed by atoms with van der Waals surface area (Å²) in [6.07, 6.45) is 4.53. The maximum Gasteiger partial charge on any atom is 0.253 e. The van der Waals surface area contributed by atoms with Crippen molar-refractivity contribution in [2.45, 2.75) is 66.0 Å². The molecule has 0 atom stereocenters. The molecule has 222 valence electrons. The molecule has 42 heavy (non-hydrogen) atoms. The Kier molecular flexibility index (Phi) is 10.4. The molecule has 4 rings (SSSR count). The first kappa shape index (κ1) is 30.8. The van der Waals surface area contributed by atoms with Crippen LogP contribution >= 0.6 is 0 Å². The third kappa shape index (κ3) is 6.99. The summed E-state index contributed by atoms with van der Waals surface area (Å²) in [5.74, 6) is -0.502. The molecule has 0 aliphatic carbocycles. The van der Waals surface area contributed by atoms with Gasteiger partial charge in [0, 0.05) is 60.5 Å². The van der Waals surface area contributed by atoms with E-state index in [4.69, 9.17) is 4.74 Å². The molecule has 1 fully saturated rings. The molecule has 2 heterocycles. The van der Waals surface area contributed by atoms with Gasteiger partial charge in [-0.05, 0) is 98.2 Å². The van der Waals surface area contributed by atoms with Gasteiger partial charge in [-0.15, -0.1) is 0 Å². The number of nitrogens with one attached hydrogen (secondary N) is 3. The molecular weight excluding hydrogens is 528 g/mol. The summed E-state index contributed by atoms with van der Waals surface area (Å²) >= 11 is 0. The first-order valence-corrected chi connectivity index (χ1v) is 14.8. The van der Waals surface area contributed by atoms with Gasteiger partial charge >= 0.3 is 0 Å². The van der Waals surface area contributed by atoms with Crippen LogP contribution in [0.1, 0.15) is 66.4 Å². The van der Waals surface area contributed by atoms with E-state index in [0.717, 1.165) is 72.7 Å². The Balaban J connectivity index is 1.72.